The molecule has 0 radical (unpaired) electrons. The van der Waals surface area contributed by atoms with Crippen molar-refractivity contribution in [2.24, 2.45) is 0 Å². The summed E-state index contributed by atoms with van der Waals surface area (Å²) < 4.78 is 0. The Balaban J connectivity index is 2.49. The molecule has 0 fully saturated rings. The number of aromatic amines is 1. The van der Waals surface area contributed by atoms with Crippen LogP contribution in [0.3, 0.4) is 0 Å². The van der Waals surface area contributed by atoms with E-state index >= 15 is 0 Å². The lowest BCUT2D eigenvalue weighted by atomic mass is 10.2. The molecule has 0 saturated carbocycles. The van der Waals surface area contributed by atoms with Gasteiger partial charge in [0.15, 0.2) is 0 Å². The molecule has 4 nitrogen and oxygen atoms in total. The van der Waals surface area contributed by atoms with Crippen LogP contribution in [0.15, 0.2) is 18.3 Å². The van der Waals surface area contributed by atoms with Crippen LogP contribution in [0.25, 0.3) is 11.3 Å². The fourth-order valence-electron chi connectivity index (χ4n) is 1.37. The van der Waals surface area contributed by atoms with Crippen LogP contribution in [0.1, 0.15) is 5.82 Å². The molecule has 0 amide bonds. The Morgan fingerprint density at radius 1 is 1.47 bits per heavy atom. The van der Waals surface area contributed by atoms with Gasteiger partial charge < -0.3 is 10.3 Å². The third-order valence-electron chi connectivity index (χ3n) is 2.07. The molecule has 0 aliphatic rings. The van der Waals surface area contributed by atoms with E-state index in [1.807, 2.05) is 26.1 Å². The average Bonchev–Trinajstić information content (AvgIpc) is 2.58. The van der Waals surface area contributed by atoms with E-state index in [-0.39, 0.29) is 0 Å². The van der Waals surface area contributed by atoms with E-state index in [4.69, 9.17) is 11.6 Å². The van der Waals surface area contributed by atoms with Crippen molar-refractivity contribution in [1.82, 2.24) is 15.0 Å². The van der Waals surface area contributed by atoms with Crippen LogP contribution < -0.4 is 5.32 Å². The minimum atomic E-state index is 0.556. The smallest absolute Gasteiger partial charge is 0.134 e. The summed E-state index contributed by atoms with van der Waals surface area (Å²) in [6, 6.07) is 3.78. The van der Waals surface area contributed by atoms with Gasteiger partial charge in [-0.05, 0) is 19.1 Å². The number of H-pyrrole nitrogens is 1. The molecule has 5 heteroatoms. The number of aryl methyl sites for hydroxylation is 1. The molecule has 0 atom stereocenters. The summed E-state index contributed by atoms with van der Waals surface area (Å²) in [7, 11) is 1.82. The number of imidazole rings is 1. The van der Waals surface area contributed by atoms with Gasteiger partial charge in [0.2, 0.25) is 0 Å². The number of aromatic nitrogens is 3. The summed E-state index contributed by atoms with van der Waals surface area (Å²) in [6.45, 7) is 1.87. The Bertz CT molecular complexity index is 478. The van der Waals surface area contributed by atoms with Crippen LogP contribution in [0.2, 0.25) is 5.15 Å². The number of halogens is 1. The SMILES string of the molecule is CNc1cc(-c2nc(C)[nH]c2Cl)ccn1. The molecule has 0 aliphatic carbocycles. The highest BCUT2D eigenvalue weighted by Gasteiger charge is 2.08. The molecule has 2 heterocycles. The second-order valence-electron chi connectivity index (χ2n) is 3.16. The Morgan fingerprint density at radius 2 is 2.27 bits per heavy atom. The molecule has 0 aliphatic heterocycles. The van der Waals surface area contributed by atoms with Crippen LogP contribution in [0.5, 0.6) is 0 Å². The van der Waals surface area contributed by atoms with Crippen molar-refractivity contribution in [2.45, 2.75) is 6.92 Å². The first-order valence-corrected chi connectivity index (χ1v) is 4.95. The number of hydrogen-bond acceptors (Lipinski definition) is 3. The van der Waals surface area contributed by atoms with E-state index in [2.05, 4.69) is 20.3 Å². The second-order valence-corrected chi connectivity index (χ2v) is 3.54. The summed E-state index contributed by atoms with van der Waals surface area (Å²) in [5, 5.41) is 3.53. The summed E-state index contributed by atoms with van der Waals surface area (Å²) in [6.07, 6.45) is 1.72. The Morgan fingerprint density at radius 3 is 2.87 bits per heavy atom. The molecule has 2 aromatic heterocycles. The zero-order valence-electron chi connectivity index (χ0n) is 8.50. The molecule has 15 heavy (non-hydrogen) atoms. The molecule has 2 N–H and O–H groups in total. The first-order chi connectivity index (χ1) is 7.20. The van der Waals surface area contributed by atoms with Gasteiger partial charge in [-0.2, -0.15) is 0 Å². The minimum Gasteiger partial charge on any atom is -0.373 e. The number of nitrogens with zero attached hydrogens (tertiary/aromatic N) is 2. The standard InChI is InChI=1S/C10H11ClN4/c1-6-14-9(10(11)15-6)7-3-4-13-8(5-7)12-2/h3-5H,1-2H3,(H,12,13)(H,14,15). The first-order valence-electron chi connectivity index (χ1n) is 4.57. The highest BCUT2D eigenvalue weighted by molar-refractivity contribution is 6.31. The Hall–Kier alpha value is -1.55. The Labute approximate surface area is 92.7 Å². The van der Waals surface area contributed by atoms with Gasteiger partial charge >= 0.3 is 0 Å². The van der Waals surface area contributed by atoms with Crippen LogP contribution >= 0.6 is 11.6 Å². The van der Waals surface area contributed by atoms with Crippen molar-refractivity contribution in [3.8, 4) is 11.3 Å². The topological polar surface area (TPSA) is 53.6 Å². The maximum absolute atomic E-state index is 6.02. The number of rotatable bonds is 2. The highest BCUT2D eigenvalue weighted by Crippen LogP contribution is 2.26. The Kier molecular flexibility index (Phi) is 2.60. The van der Waals surface area contributed by atoms with Gasteiger partial charge in [0.25, 0.3) is 0 Å². The summed E-state index contributed by atoms with van der Waals surface area (Å²) in [5.74, 6) is 1.60. The van der Waals surface area contributed by atoms with Crippen molar-refractivity contribution in [2.75, 3.05) is 12.4 Å². The fraction of sp³-hybridized carbons (Fsp3) is 0.200. The number of nitrogens with one attached hydrogen (secondary N) is 2. The molecule has 78 valence electrons. The fourth-order valence-corrected chi connectivity index (χ4v) is 1.66. The maximum atomic E-state index is 6.02. The van der Waals surface area contributed by atoms with Gasteiger partial charge in [0.05, 0.1) is 0 Å². The van der Waals surface area contributed by atoms with E-state index in [0.29, 0.717) is 5.15 Å². The maximum Gasteiger partial charge on any atom is 0.134 e. The van der Waals surface area contributed by atoms with Gasteiger partial charge in [0, 0.05) is 18.8 Å². The molecular weight excluding hydrogens is 212 g/mol. The van der Waals surface area contributed by atoms with E-state index in [0.717, 1.165) is 22.9 Å². The van der Waals surface area contributed by atoms with Crippen molar-refractivity contribution in [1.29, 1.82) is 0 Å². The second kappa shape index (κ2) is 3.90. The third kappa shape index (κ3) is 1.94. The van der Waals surface area contributed by atoms with Crippen molar-refractivity contribution in [3.63, 3.8) is 0 Å². The zero-order chi connectivity index (χ0) is 10.8. The normalized spacial score (nSPS) is 10.3. The van der Waals surface area contributed by atoms with Gasteiger partial charge in [-0.1, -0.05) is 11.6 Å². The predicted octanol–water partition coefficient (Wildman–Crippen LogP) is 2.48. The van der Waals surface area contributed by atoms with Gasteiger partial charge in [-0.15, -0.1) is 0 Å². The van der Waals surface area contributed by atoms with E-state index in [1.54, 1.807) is 6.20 Å². The number of pyridine rings is 1. The molecule has 2 rings (SSSR count). The van der Waals surface area contributed by atoms with Crippen LogP contribution in [0, 0.1) is 6.92 Å². The molecular formula is C10H11ClN4. The summed E-state index contributed by atoms with van der Waals surface area (Å²) >= 11 is 6.02. The molecule has 0 saturated heterocycles. The van der Waals surface area contributed by atoms with Crippen LogP contribution in [-0.2, 0) is 0 Å². The van der Waals surface area contributed by atoms with Crippen molar-refractivity contribution >= 4 is 17.4 Å². The third-order valence-corrected chi connectivity index (χ3v) is 2.34. The lowest BCUT2D eigenvalue weighted by Gasteiger charge is -2.01. The highest BCUT2D eigenvalue weighted by atomic mass is 35.5. The lowest BCUT2D eigenvalue weighted by Crippen LogP contribution is -1.91. The van der Waals surface area contributed by atoms with E-state index < -0.39 is 0 Å². The van der Waals surface area contributed by atoms with E-state index in [1.165, 1.54) is 0 Å². The van der Waals surface area contributed by atoms with Crippen LogP contribution in [0.4, 0.5) is 5.82 Å². The van der Waals surface area contributed by atoms with Gasteiger partial charge in [-0.3, -0.25) is 0 Å². The van der Waals surface area contributed by atoms with Crippen LogP contribution in [-0.4, -0.2) is 22.0 Å². The van der Waals surface area contributed by atoms with Gasteiger partial charge in [0.1, 0.15) is 22.5 Å². The predicted molar refractivity (Wildman–Crippen MR) is 61.1 cm³/mol. The quantitative estimate of drug-likeness (QED) is 0.821. The monoisotopic (exact) mass is 222 g/mol. The molecule has 2 aromatic rings. The summed E-state index contributed by atoms with van der Waals surface area (Å²) in [5.41, 5.74) is 1.71. The van der Waals surface area contributed by atoms with Gasteiger partial charge in [-0.25, -0.2) is 9.97 Å². The van der Waals surface area contributed by atoms with E-state index in [9.17, 15) is 0 Å². The first kappa shape index (κ1) is 9.98. The lowest BCUT2D eigenvalue weighted by molar-refractivity contribution is 1.15. The molecule has 0 unspecified atom stereocenters. The van der Waals surface area contributed by atoms with Crippen molar-refractivity contribution in [3.05, 3.63) is 29.3 Å². The summed E-state index contributed by atoms with van der Waals surface area (Å²) in [4.78, 5) is 11.4. The number of hydrogen-bond donors (Lipinski definition) is 2. The molecule has 0 bridgehead atoms. The zero-order valence-corrected chi connectivity index (χ0v) is 9.26. The molecule has 0 spiro atoms. The number of anilines is 1. The minimum absolute atomic E-state index is 0.556. The molecule has 0 aromatic carbocycles. The van der Waals surface area contributed by atoms with Crippen molar-refractivity contribution < 1.29 is 0 Å². The average molecular weight is 223 g/mol. The largest absolute Gasteiger partial charge is 0.373 e.